The van der Waals surface area contributed by atoms with Crippen LogP contribution in [0.5, 0.6) is 0 Å². The molecule has 0 aromatic rings. The highest BCUT2D eigenvalue weighted by Crippen LogP contribution is 2.31. The van der Waals surface area contributed by atoms with Crippen LogP contribution in [0.25, 0.3) is 0 Å². The highest BCUT2D eigenvalue weighted by atomic mass is 16.6. The Hall–Kier alpha value is -0.570. The van der Waals surface area contributed by atoms with E-state index in [-0.39, 0.29) is 18.0 Å². The molecule has 0 bridgehead atoms. The molecule has 3 nitrogen and oxygen atoms in total. The highest BCUT2D eigenvalue weighted by molar-refractivity contribution is 5.78. The van der Waals surface area contributed by atoms with Crippen LogP contribution in [0.3, 0.4) is 0 Å². The number of carbonyl (C=O) groups is 1. The second-order valence-electron chi connectivity index (χ2n) is 4.71. The Morgan fingerprint density at radius 1 is 1.25 bits per heavy atom. The molecule has 0 aliphatic carbocycles. The first-order chi connectivity index (χ1) is 7.70. The van der Waals surface area contributed by atoms with E-state index in [2.05, 4.69) is 6.92 Å². The van der Waals surface area contributed by atoms with Gasteiger partial charge in [-0.05, 0) is 12.8 Å². The van der Waals surface area contributed by atoms with Crippen molar-refractivity contribution in [1.29, 1.82) is 0 Å². The lowest BCUT2D eigenvalue weighted by Crippen LogP contribution is -2.51. The van der Waals surface area contributed by atoms with Crippen LogP contribution in [-0.2, 0) is 9.53 Å². The normalized spacial score (nSPS) is 26.1. The lowest BCUT2D eigenvalue weighted by atomic mass is 9.86. The zero-order chi connectivity index (χ0) is 12.0. The minimum atomic E-state index is -0.459. The second kappa shape index (κ2) is 6.89. The minimum Gasteiger partial charge on any atom is -0.458 e. The molecule has 1 heterocycles. The monoisotopic (exact) mass is 228 g/mol. The van der Waals surface area contributed by atoms with Gasteiger partial charge < -0.3 is 9.84 Å². The molecule has 1 N–H and O–H groups in total. The molecule has 0 aromatic heterocycles. The van der Waals surface area contributed by atoms with Crippen molar-refractivity contribution in [1.82, 2.24) is 0 Å². The van der Waals surface area contributed by atoms with Gasteiger partial charge in [0.15, 0.2) is 0 Å². The molecule has 3 heteroatoms. The molecule has 0 aromatic carbocycles. The molecule has 94 valence electrons. The van der Waals surface area contributed by atoms with Crippen molar-refractivity contribution in [2.75, 3.05) is 0 Å². The molecule has 16 heavy (non-hydrogen) atoms. The van der Waals surface area contributed by atoms with Crippen molar-refractivity contribution in [2.45, 2.75) is 71.0 Å². The predicted octanol–water partition coefficient (Wildman–Crippen LogP) is 2.66. The van der Waals surface area contributed by atoms with Crippen molar-refractivity contribution in [2.24, 2.45) is 5.92 Å². The molecule has 3 unspecified atom stereocenters. The van der Waals surface area contributed by atoms with Crippen molar-refractivity contribution in [3.63, 3.8) is 0 Å². The van der Waals surface area contributed by atoms with Gasteiger partial charge in [-0.1, -0.05) is 46.0 Å². The fraction of sp³-hybridized carbons (Fsp3) is 0.923. The van der Waals surface area contributed by atoms with Gasteiger partial charge in [-0.3, -0.25) is 4.79 Å². The van der Waals surface area contributed by atoms with Crippen molar-refractivity contribution >= 4 is 5.97 Å². The fourth-order valence-corrected chi connectivity index (χ4v) is 2.25. The van der Waals surface area contributed by atoms with Crippen molar-refractivity contribution < 1.29 is 14.6 Å². The molecule has 1 aliphatic heterocycles. The quantitative estimate of drug-likeness (QED) is 0.513. The third-order valence-electron chi connectivity index (χ3n) is 3.28. The van der Waals surface area contributed by atoms with Crippen LogP contribution in [0.1, 0.15) is 58.8 Å². The molecule has 0 radical (unpaired) electrons. The van der Waals surface area contributed by atoms with E-state index in [1.165, 1.54) is 19.3 Å². The number of ether oxygens (including phenoxy) is 1. The van der Waals surface area contributed by atoms with Gasteiger partial charge in [0.1, 0.15) is 6.10 Å². The summed E-state index contributed by atoms with van der Waals surface area (Å²) in [7, 11) is 0. The summed E-state index contributed by atoms with van der Waals surface area (Å²) in [5.74, 6) is -0.157. The number of hydrogen-bond acceptors (Lipinski definition) is 3. The number of aliphatic hydroxyl groups is 1. The Labute approximate surface area is 98.2 Å². The molecule has 3 atom stereocenters. The molecular formula is C13H24O3. The summed E-state index contributed by atoms with van der Waals surface area (Å²) < 4.78 is 5.03. The number of aliphatic hydroxyl groups excluding tert-OH is 1. The number of rotatable bonds is 8. The van der Waals surface area contributed by atoms with E-state index in [4.69, 9.17) is 4.74 Å². The molecule has 1 aliphatic rings. The van der Waals surface area contributed by atoms with Gasteiger partial charge in [0, 0.05) is 0 Å². The molecule has 1 fully saturated rings. The maximum atomic E-state index is 11.3. The van der Waals surface area contributed by atoms with E-state index in [1.807, 2.05) is 6.92 Å². The Morgan fingerprint density at radius 2 is 2.00 bits per heavy atom. The average molecular weight is 228 g/mol. The van der Waals surface area contributed by atoms with E-state index < -0.39 is 6.10 Å². The number of cyclic esters (lactones) is 1. The van der Waals surface area contributed by atoms with Gasteiger partial charge in [0.2, 0.25) is 0 Å². The number of hydrogen-bond donors (Lipinski definition) is 1. The van der Waals surface area contributed by atoms with Gasteiger partial charge in [0.05, 0.1) is 12.0 Å². The zero-order valence-corrected chi connectivity index (χ0v) is 10.4. The Morgan fingerprint density at radius 3 is 2.56 bits per heavy atom. The fourth-order valence-electron chi connectivity index (χ4n) is 2.25. The lowest BCUT2D eigenvalue weighted by molar-refractivity contribution is -0.199. The summed E-state index contributed by atoms with van der Waals surface area (Å²) in [4.78, 5) is 11.3. The first-order valence-corrected chi connectivity index (χ1v) is 6.59. The van der Waals surface area contributed by atoms with E-state index in [0.29, 0.717) is 0 Å². The minimum absolute atomic E-state index is 0.0431. The molecule has 0 spiro atoms. The highest BCUT2D eigenvalue weighted by Gasteiger charge is 2.45. The largest absolute Gasteiger partial charge is 0.458 e. The summed E-state index contributed by atoms with van der Waals surface area (Å²) >= 11 is 0. The van der Waals surface area contributed by atoms with Crippen molar-refractivity contribution in [3.05, 3.63) is 0 Å². The van der Waals surface area contributed by atoms with E-state index >= 15 is 0 Å². The molecule has 0 saturated carbocycles. The lowest BCUT2D eigenvalue weighted by Gasteiger charge is -2.38. The van der Waals surface area contributed by atoms with Crippen LogP contribution in [0, 0.1) is 5.92 Å². The second-order valence-corrected chi connectivity index (χ2v) is 4.71. The maximum Gasteiger partial charge on any atom is 0.313 e. The van der Waals surface area contributed by atoms with Gasteiger partial charge in [-0.2, -0.15) is 0 Å². The van der Waals surface area contributed by atoms with Gasteiger partial charge in [-0.25, -0.2) is 0 Å². The summed E-state index contributed by atoms with van der Waals surface area (Å²) in [6.45, 7) is 4.20. The topological polar surface area (TPSA) is 46.5 Å². The standard InChI is InChI=1S/C13H24O3/c1-3-5-6-7-9-10-12(16-13(10)15)11(14)8-4-2/h10-12,14H,3-9H2,1-2H3. The molecule has 1 rings (SSSR count). The summed E-state index contributed by atoms with van der Waals surface area (Å²) in [5, 5.41) is 9.78. The van der Waals surface area contributed by atoms with Crippen LogP contribution < -0.4 is 0 Å². The molecule has 1 saturated heterocycles. The summed E-state index contributed by atoms with van der Waals surface area (Å²) in [6, 6.07) is 0. The summed E-state index contributed by atoms with van der Waals surface area (Å²) in [5.41, 5.74) is 0. The van der Waals surface area contributed by atoms with Gasteiger partial charge >= 0.3 is 5.97 Å². The van der Waals surface area contributed by atoms with E-state index in [1.54, 1.807) is 0 Å². The zero-order valence-electron chi connectivity index (χ0n) is 10.4. The van der Waals surface area contributed by atoms with E-state index in [0.717, 1.165) is 25.7 Å². The third kappa shape index (κ3) is 3.48. The first kappa shape index (κ1) is 13.5. The Kier molecular flexibility index (Phi) is 5.81. The van der Waals surface area contributed by atoms with Crippen molar-refractivity contribution in [3.8, 4) is 0 Å². The number of unbranched alkanes of at least 4 members (excludes halogenated alkanes) is 3. The summed E-state index contributed by atoms with van der Waals surface area (Å²) in [6.07, 6.45) is 6.53. The molecular weight excluding hydrogens is 204 g/mol. The van der Waals surface area contributed by atoms with Crippen LogP contribution in [0.15, 0.2) is 0 Å². The van der Waals surface area contributed by atoms with Crippen LogP contribution in [0.2, 0.25) is 0 Å². The predicted molar refractivity (Wildman–Crippen MR) is 63.0 cm³/mol. The van der Waals surface area contributed by atoms with Gasteiger partial charge in [0.25, 0.3) is 0 Å². The smallest absolute Gasteiger partial charge is 0.313 e. The molecule has 0 amide bonds. The van der Waals surface area contributed by atoms with Crippen LogP contribution in [0.4, 0.5) is 0 Å². The van der Waals surface area contributed by atoms with Crippen LogP contribution >= 0.6 is 0 Å². The SMILES string of the molecule is CCCCCCC1C(=O)OC1C(O)CCC. The average Bonchev–Trinajstić information content (AvgIpc) is 2.25. The third-order valence-corrected chi connectivity index (χ3v) is 3.28. The number of carbonyl (C=O) groups excluding carboxylic acids is 1. The Bertz CT molecular complexity index is 215. The first-order valence-electron chi connectivity index (χ1n) is 6.59. The number of esters is 1. The Balaban J connectivity index is 2.24. The van der Waals surface area contributed by atoms with Gasteiger partial charge in [-0.15, -0.1) is 0 Å². The van der Waals surface area contributed by atoms with Crippen LogP contribution in [-0.4, -0.2) is 23.3 Å². The maximum absolute atomic E-state index is 11.3. The van der Waals surface area contributed by atoms with E-state index in [9.17, 15) is 9.90 Å².